The molecular weight excluding hydrogens is 373 g/mol. The van der Waals surface area contributed by atoms with E-state index in [1.165, 1.54) is 0 Å². The van der Waals surface area contributed by atoms with E-state index in [0.717, 1.165) is 49.0 Å². The van der Waals surface area contributed by atoms with Gasteiger partial charge in [-0.15, -0.1) is 24.8 Å². The van der Waals surface area contributed by atoms with Crippen LogP contribution in [-0.2, 0) is 6.54 Å². The number of nitrogens with one attached hydrogen (secondary N) is 1. The quantitative estimate of drug-likeness (QED) is 0.833. The van der Waals surface area contributed by atoms with E-state index in [2.05, 4.69) is 10.2 Å². The predicted octanol–water partition coefficient (Wildman–Crippen LogP) is 3.41. The molecule has 0 atom stereocenters. The summed E-state index contributed by atoms with van der Waals surface area (Å²) in [5, 5.41) is 4.28. The fourth-order valence-electron chi connectivity index (χ4n) is 3.52. The molecule has 2 heterocycles. The summed E-state index contributed by atoms with van der Waals surface area (Å²) in [6, 6.07) is 7.91. The van der Waals surface area contributed by atoms with Gasteiger partial charge in [-0.1, -0.05) is 18.2 Å². The number of carbonyl (C=O) groups is 1. The number of benzene rings is 1. The number of para-hydroxylation sites is 1. The SMILES string of the molecule is CNCC1CCN(C(=O)c2oc3ccccc3c2CN(C)C)CC1.Cl.Cl. The van der Waals surface area contributed by atoms with Gasteiger partial charge in [0.05, 0.1) is 0 Å². The summed E-state index contributed by atoms with van der Waals surface area (Å²) in [6.45, 7) is 3.35. The topological polar surface area (TPSA) is 48.7 Å². The highest BCUT2D eigenvalue weighted by Crippen LogP contribution is 2.29. The number of hydrogen-bond donors (Lipinski definition) is 1. The van der Waals surface area contributed by atoms with Crippen LogP contribution in [0.2, 0.25) is 0 Å². The summed E-state index contributed by atoms with van der Waals surface area (Å²) in [5.41, 5.74) is 1.79. The van der Waals surface area contributed by atoms with Crippen LogP contribution in [0.15, 0.2) is 28.7 Å². The van der Waals surface area contributed by atoms with Gasteiger partial charge in [0.25, 0.3) is 5.91 Å². The van der Waals surface area contributed by atoms with Crippen molar-refractivity contribution >= 4 is 41.7 Å². The van der Waals surface area contributed by atoms with Gasteiger partial charge in [0.1, 0.15) is 5.58 Å². The first kappa shape index (κ1) is 22.8. The van der Waals surface area contributed by atoms with Crippen LogP contribution in [0.4, 0.5) is 0 Å². The number of fused-ring (bicyclic) bond motifs is 1. The van der Waals surface area contributed by atoms with Crippen molar-refractivity contribution in [2.45, 2.75) is 19.4 Å². The molecular formula is C19H29Cl2N3O2. The third-order valence-electron chi connectivity index (χ3n) is 4.76. The zero-order valence-electron chi connectivity index (χ0n) is 15.7. The second-order valence-electron chi connectivity index (χ2n) is 6.94. The predicted molar refractivity (Wildman–Crippen MR) is 111 cm³/mol. The molecule has 26 heavy (non-hydrogen) atoms. The standard InChI is InChI=1S/C19H27N3O2.2ClH/c1-20-12-14-8-10-22(11-9-14)19(23)18-16(13-21(2)3)15-6-4-5-7-17(15)24-18;;/h4-7,14,20H,8-13H2,1-3H3;2*1H. The first-order valence-corrected chi connectivity index (χ1v) is 8.69. The van der Waals surface area contributed by atoms with Crippen LogP contribution in [0.5, 0.6) is 0 Å². The molecule has 2 aromatic rings. The summed E-state index contributed by atoms with van der Waals surface area (Å²) >= 11 is 0. The fourth-order valence-corrected chi connectivity index (χ4v) is 3.52. The van der Waals surface area contributed by atoms with Gasteiger partial charge in [0, 0.05) is 30.6 Å². The third kappa shape index (κ3) is 4.92. The number of carbonyl (C=O) groups excluding carboxylic acids is 1. The molecule has 0 radical (unpaired) electrons. The molecule has 7 heteroatoms. The molecule has 146 valence electrons. The fraction of sp³-hybridized carbons (Fsp3) is 0.526. The number of hydrogen-bond acceptors (Lipinski definition) is 4. The highest BCUT2D eigenvalue weighted by atomic mass is 35.5. The Labute approximate surface area is 167 Å². The van der Waals surface area contributed by atoms with Crippen molar-refractivity contribution in [1.29, 1.82) is 0 Å². The lowest BCUT2D eigenvalue weighted by Gasteiger charge is -2.31. The minimum absolute atomic E-state index is 0. The molecule has 1 aliphatic heterocycles. The van der Waals surface area contributed by atoms with Crippen molar-refractivity contribution in [3.63, 3.8) is 0 Å². The molecule has 1 amide bonds. The van der Waals surface area contributed by atoms with E-state index in [-0.39, 0.29) is 30.7 Å². The maximum Gasteiger partial charge on any atom is 0.289 e. The second kappa shape index (κ2) is 10.2. The zero-order chi connectivity index (χ0) is 17.1. The number of furan rings is 1. The van der Waals surface area contributed by atoms with Gasteiger partial charge < -0.3 is 19.5 Å². The summed E-state index contributed by atoms with van der Waals surface area (Å²) in [7, 11) is 6.01. The summed E-state index contributed by atoms with van der Waals surface area (Å²) < 4.78 is 5.96. The Morgan fingerprint density at radius 1 is 1.23 bits per heavy atom. The van der Waals surface area contributed by atoms with Crippen LogP contribution in [0.25, 0.3) is 11.0 Å². The van der Waals surface area contributed by atoms with Crippen molar-refractivity contribution < 1.29 is 9.21 Å². The van der Waals surface area contributed by atoms with E-state index in [9.17, 15) is 4.79 Å². The minimum atomic E-state index is 0. The van der Waals surface area contributed by atoms with Crippen LogP contribution >= 0.6 is 24.8 Å². The molecule has 0 saturated carbocycles. The highest BCUT2D eigenvalue weighted by Gasteiger charge is 2.28. The Balaban J connectivity index is 0.00000169. The Morgan fingerprint density at radius 2 is 1.88 bits per heavy atom. The van der Waals surface area contributed by atoms with Crippen molar-refractivity contribution in [3.8, 4) is 0 Å². The van der Waals surface area contributed by atoms with Gasteiger partial charge >= 0.3 is 0 Å². The van der Waals surface area contributed by atoms with Crippen LogP contribution in [0.3, 0.4) is 0 Å². The van der Waals surface area contributed by atoms with Crippen LogP contribution < -0.4 is 5.32 Å². The third-order valence-corrected chi connectivity index (χ3v) is 4.76. The lowest BCUT2D eigenvalue weighted by molar-refractivity contribution is 0.0658. The molecule has 0 bridgehead atoms. The molecule has 1 aliphatic rings. The molecule has 1 N–H and O–H groups in total. The van der Waals surface area contributed by atoms with E-state index in [1.807, 2.05) is 50.3 Å². The van der Waals surface area contributed by atoms with E-state index in [4.69, 9.17) is 4.42 Å². The van der Waals surface area contributed by atoms with Crippen molar-refractivity contribution in [1.82, 2.24) is 15.1 Å². The van der Waals surface area contributed by atoms with Crippen molar-refractivity contribution in [3.05, 3.63) is 35.6 Å². The lowest BCUT2D eigenvalue weighted by atomic mass is 9.96. The van der Waals surface area contributed by atoms with Gasteiger partial charge in [-0.25, -0.2) is 0 Å². The summed E-state index contributed by atoms with van der Waals surface area (Å²) in [6.07, 6.45) is 2.10. The maximum atomic E-state index is 13.0. The van der Waals surface area contributed by atoms with Gasteiger partial charge in [0.2, 0.25) is 0 Å². The van der Waals surface area contributed by atoms with Crippen molar-refractivity contribution in [2.24, 2.45) is 5.92 Å². The average Bonchev–Trinajstić information content (AvgIpc) is 2.93. The van der Waals surface area contributed by atoms with E-state index < -0.39 is 0 Å². The molecule has 3 rings (SSSR count). The molecule has 1 saturated heterocycles. The van der Waals surface area contributed by atoms with Crippen molar-refractivity contribution in [2.75, 3.05) is 40.8 Å². The first-order chi connectivity index (χ1) is 11.6. The normalized spacial score (nSPS) is 15.0. The minimum Gasteiger partial charge on any atom is -0.451 e. The van der Waals surface area contributed by atoms with E-state index in [0.29, 0.717) is 18.2 Å². The number of amides is 1. The number of rotatable bonds is 5. The van der Waals surface area contributed by atoms with Gasteiger partial charge in [-0.2, -0.15) is 0 Å². The molecule has 5 nitrogen and oxygen atoms in total. The summed E-state index contributed by atoms with van der Waals surface area (Å²) in [4.78, 5) is 17.1. The Kier molecular flexibility index (Phi) is 8.90. The number of nitrogens with zero attached hydrogens (tertiary/aromatic N) is 2. The highest BCUT2D eigenvalue weighted by molar-refractivity contribution is 5.99. The zero-order valence-corrected chi connectivity index (χ0v) is 17.3. The molecule has 1 aromatic heterocycles. The molecule has 0 unspecified atom stereocenters. The van der Waals surface area contributed by atoms with Crippen LogP contribution in [-0.4, -0.2) is 56.5 Å². The average molecular weight is 402 g/mol. The summed E-state index contributed by atoms with van der Waals surface area (Å²) in [5.74, 6) is 1.21. The van der Waals surface area contributed by atoms with Gasteiger partial charge in [-0.05, 0) is 52.5 Å². The second-order valence-corrected chi connectivity index (χ2v) is 6.94. The van der Waals surface area contributed by atoms with Gasteiger partial charge in [0.15, 0.2) is 5.76 Å². The molecule has 1 aromatic carbocycles. The molecule has 1 fully saturated rings. The Bertz CT molecular complexity index is 710. The number of halogens is 2. The first-order valence-electron chi connectivity index (χ1n) is 8.69. The maximum absolute atomic E-state index is 13.0. The molecule has 0 spiro atoms. The molecule has 0 aliphatic carbocycles. The number of likely N-dealkylation sites (tertiary alicyclic amines) is 1. The van der Waals surface area contributed by atoms with Crippen LogP contribution in [0.1, 0.15) is 29.0 Å². The van der Waals surface area contributed by atoms with Gasteiger partial charge in [-0.3, -0.25) is 4.79 Å². The monoisotopic (exact) mass is 401 g/mol. The Morgan fingerprint density at radius 3 is 2.50 bits per heavy atom. The number of piperidine rings is 1. The smallest absolute Gasteiger partial charge is 0.289 e. The largest absolute Gasteiger partial charge is 0.451 e. The van der Waals surface area contributed by atoms with E-state index >= 15 is 0 Å². The van der Waals surface area contributed by atoms with E-state index in [1.54, 1.807) is 0 Å². The Hall–Kier alpha value is -1.27. The lowest BCUT2D eigenvalue weighted by Crippen LogP contribution is -2.40. The van der Waals surface area contributed by atoms with Crippen LogP contribution in [0, 0.1) is 5.92 Å².